The van der Waals surface area contributed by atoms with Crippen LogP contribution in [0.15, 0.2) is 83.8 Å². The first-order valence-electron chi connectivity index (χ1n) is 14.0. The average molecular weight is 562 g/mol. The largest absolute Gasteiger partial charge is 0.352 e. The molecule has 0 saturated heterocycles. The van der Waals surface area contributed by atoms with E-state index in [2.05, 4.69) is 5.32 Å². The molecule has 1 atom stereocenters. The Balaban J connectivity index is 1.72. The molecule has 0 aromatic heterocycles. The van der Waals surface area contributed by atoms with Gasteiger partial charge in [0.25, 0.3) is 10.0 Å². The summed E-state index contributed by atoms with van der Waals surface area (Å²) in [5.41, 5.74) is 3.08. The fraction of sp³-hybridized carbons (Fsp3) is 0.375. The smallest absolute Gasteiger partial charge is 0.264 e. The number of hydrogen-bond acceptors (Lipinski definition) is 4. The molecule has 1 N–H and O–H groups in total. The number of carbonyl (C=O) groups is 2. The summed E-state index contributed by atoms with van der Waals surface area (Å²) in [6.07, 6.45) is 4.44. The highest BCUT2D eigenvalue weighted by molar-refractivity contribution is 7.92. The van der Waals surface area contributed by atoms with Crippen molar-refractivity contribution < 1.29 is 18.0 Å². The average Bonchev–Trinajstić information content (AvgIpc) is 3.45. The van der Waals surface area contributed by atoms with Crippen LogP contribution in [0, 0.1) is 13.8 Å². The van der Waals surface area contributed by atoms with Crippen LogP contribution in [-0.4, -0.2) is 43.8 Å². The minimum Gasteiger partial charge on any atom is -0.352 e. The molecule has 0 heterocycles. The van der Waals surface area contributed by atoms with Crippen LogP contribution in [0.25, 0.3) is 0 Å². The van der Waals surface area contributed by atoms with Gasteiger partial charge in [0.1, 0.15) is 12.6 Å². The Morgan fingerprint density at radius 1 is 0.925 bits per heavy atom. The van der Waals surface area contributed by atoms with E-state index >= 15 is 0 Å². The molecule has 8 heteroatoms. The molecule has 7 nitrogen and oxygen atoms in total. The molecular formula is C32H39N3O4S. The number of benzene rings is 3. The lowest BCUT2D eigenvalue weighted by Gasteiger charge is -2.34. The number of sulfonamides is 1. The summed E-state index contributed by atoms with van der Waals surface area (Å²) in [7, 11) is -4.07. The van der Waals surface area contributed by atoms with Crippen LogP contribution in [-0.2, 0) is 26.2 Å². The van der Waals surface area contributed by atoms with Gasteiger partial charge in [-0.25, -0.2) is 8.42 Å². The van der Waals surface area contributed by atoms with Crippen LogP contribution in [0.5, 0.6) is 0 Å². The third-order valence-corrected chi connectivity index (χ3v) is 9.29. The molecule has 4 rings (SSSR count). The first-order valence-corrected chi connectivity index (χ1v) is 15.4. The normalized spacial score (nSPS) is 14.5. The van der Waals surface area contributed by atoms with Crippen molar-refractivity contribution in [1.29, 1.82) is 0 Å². The van der Waals surface area contributed by atoms with E-state index in [0.717, 1.165) is 42.4 Å². The molecule has 0 unspecified atom stereocenters. The summed E-state index contributed by atoms with van der Waals surface area (Å²) < 4.78 is 29.0. The van der Waals surface area contributed by atoms with Crippen molar-refractivity contribution >= 4 is 27.5 Å². The minimum atomic E-state index is -4.07. The molecule has 1 saturated carbocycles. The van der Waals surface area contributed by atoms with Crippen molar-refractivity contribution in [1.82, 2.24) is 10.2 Å². The maximum Gasteiger partial charge on any atom is 0.264 e. The van der Waals surface area contributed by atoms with Gasteiger partial charge in [-0.3, -0.25) is 13.9 Å². The predicted molar refractivity (Wildman–Crippen MR) is 158 cm³/mol. The number of para-hydroxylation sites is 1. The van der Waals surface area contributed by atoms with Gasteiger partial charge < -0.3 is 10.2 Å². The maximum absolute atomic E-state index is 14.2. The fourth-order valence-electron chi connectivity index (χ4n) is 5.37. The fourth-order valence-corrected chi connectivity index (χ4v) is 6.87. The van der Waals surface area contributed by atoms with Crippen molar-refractivity contribution in [2.45, 2.75) is 76.4 Å². The third kappa shape index (κ3) is 6.91. The summed E-state index contributed by atoms with van der Waals surface area (Å²) in [5.74, 6) is -0.624. The van der Waals surface area contributed by atoms with E-state index in [1.807, 2.05) is 57.2 Å². The predicted octanol–water partition coefficient (Wildman–Crippen LogP) is 5.36. The topological polar surface area (TPSA) is 86.8 Å². The van der Waals surface area contributed by atoms with Gasteiger partial charge in [0.2, 0.25) is 11.8 Å². The summed E-state index contributed by atoms with van der Waals surface area (Å²) in [6.45, 7) is 5.45. The molecule has 212 valence electrons. The monoisotopic (exact) mass is 561 g/mol. The SMILES string of the molecule is CC[C@@H](C(=O)NC1CCCC1)N(Cc1cccc(C)c1)C(=O)CN(c1ccccc1C)S(=O)(=O)c1ccccc1. The van der Waals surface area contributed by atoms with E-state index in [-0.39, 0.29) is 23.4 Å². The molecule has 1 aliphatic rings. The molecule has 40 heavy (non-hydrogen) atoms. The van der Waals surface area contributed by atoms with Crippen LogP contribution in [0.1, 0.15) is 55.7 Å². The van der Waals surface area contributed by atoms with E-state index in [0.29, 0.717) is 12.1 Å². The number of nitrogens with one attached hydrogen (secondary N) is 1. The van der Waals surface area contributed by atoms with Crippen LogP contribution < -0.4 is 9.62 Å². The zero-order valence-electron chi connectivity index (χ0n) is 23.5. The maximum atomic E-state index is 14.2. The number of carbonyl (C=O) groups excluding carboxylic acids is 2. The Bertz CT molecular complexity index is 1420. The molecule has 1 fully saturated rings. The van der Waals surface area contributed by atoms with Crippen molar-refractivity contribution in [2.24, 2.45) is 0 Å². The van der Waals surface area contributed by atoms with Gasteiger partial charge in [0.05, 0.1) is 10.6 Å². The Morgan fingerprint density at radius 3 is 2.25 bits per heavy atom. The van der Waals surface area contributed by atoms with Gasteiger partial charge >= 0.3 is 0 Å². The Morgan fingerprint density at radius 2 is 1.60 bits per heavy atom. The van der Waals surface area contributed by atoms with Crippen molar-refractivity contribution in [3.63, 3.8) is 0 Å². The molecule has 3 aromatic rings. The Labute approximate surface area is 238 Å². The first kappa shape index (κ1) is 29.3. The lowest BCUT2D eigenvalue weighted by Crippen LogP contribution is -2.53. The van der Waals surface area contributed by atoms with Gasteiger partial charge in [-0.05, 0) is 62.4 Å². The molecule has 1 aliphatic carbocycles. The van der Waals surface area contributed by atoms with Gasteiger partial charge in [-0.15, -0.1) is 0 Å². The molecule has 3 aromatic carbocycles. The highest BCUT2D eigenvalue weighted by atomic mass is 32.2. The quantitative estimate of drug-likeness (QED) is 0.341. The van der Waals surface area contributed by atoms with E-state index in [9.17, 15) is 18.0 Å². The standard InChI is InChI=1S/C32H39N3O4S/c1-4-29(32(37)33-27-16-9-10-17-27)34(22-26-15-12-13-24(2)21-26)31(36)23-35(30-20-11-8-14-25(30)3)40(38,39)28-18-6-5-7-19-28/h5-8,11-15,18-21,27,29H,4,9-10,16-17,22-23H2,1-3H3,(H,33,37)/t29-/m0/s1. The highest BCUT2D eigenvalue weighted by Crippen LogP contribution is 2.27. The van der Waals surface area contributed by atoms with E-state index in [1.165, 1.54) is 16.4 Å². The Hall–Kier alpha value is -3.65. The second-order valence-corrected chi connectivity index (χ2v) is 12.4. The number of amides is 2. The lowest BCUT2D eigenvalue weighted by atomic mass is 10.1. The molecular weight excluding hydrogens is 522 g/mol. The molecule has 0 spiro atoms. The van der Waals surface area contributed by atoms with Crippen molar-refractivity contribution in [3.05, 3.63) is 95.6 Å². The second-order valence-electron chi connectivity index (χ2n) is 10.5. The molecule has 0 bridgehead atoms. The first-order chi connectivity index (χ1) is 19.2. The summed E-state index contributed by atoms with van der Waals surface area (Å²) in [4.78, 5) is 29.4. The number of hydrogen-bond donors (Lipinski definition) is 1. The van der Waals surface area contributed by atoms with Crippen LogP contribution in [0.2, 0.25) is 0 Å². The number of rotatable bonds is 11. The van der Waals surface area contributed by atoms with Crippen molar-refractivity contribution in [3.8, 4) is 0 Å². The number of aryl methyl sites for hydroxylation is 2. The van der Waals surface area contributed by atoms with Crippen molar-refractivity contribution in [2.75, 3.05) is 10.8 Å². The molecule has 0 aliphatic heterocycles. The third-order valence-electron chi connectivity index (χ3n) is 7.52. The zero-order valence-corrected chi connectivity index (χ0v) is 24.4. The van der Waals surface area contributed by atoms with E-state index in [1.54, 1.807) is 35.2 Å². The van der Waals surface area contributed by atoms with E-state index < -0.39 is 28.5 Å². The van der Waals surface area contributed by atoms with Crippen LogP contribution >= 0.6 is 0 Å². The van der Waals surface area contributed by atoms with Gasteiger partial charge in [-0.1, -0.05) is 86.0 Å². The van der Waals surface area contributed by atoms with Gasteiger partial charge in [0, 0.05) is 12.6 Å². The zero-order chi connectivity index (χ0) is 28.7. The van der Waals surface area contributed by atoms with E-state index in [4.69, 9.17) is 0 Å². The summed E-state index contributed by atoms with van der Waals surface area (Å²) in [5, 5.41) is 3.15. The number of nitrogens with zero attached hydrogens (tertiary/aromatic N) is 2. The summed E-state index contributed by atoms with van der Waals surface area (Å²) >= 11 is 0. The van der Waals surface area contributed by atoms with Gasteiger partial charge in [-0.2, -0.15) is 0 Å². The Kier molecular flexibility index (Phi) is 9.63. The molecule has 0 radical (unpaired) electrons. The summed E-state index contributed by atoms with van der Waals surface area (Å²) in [6, 6.07) is 22.4. The highest BCUT2D eigenvalue weighted by Gasteiger charge is 2.34. The number of anilines is 1. The lowest BCUT2D eigenvalue weighted by molar-refractivity contribution is -0.140. The van der Waals surface area contributed by atoms with Gasteiger partial charge in [0.15, 0.2) is 0 Å². The minimum absolute atomic E-state index is 0.0994. The molecule has 2 amide bonds. The van der Waals surface area contributed by atoms with Crippen LogP contribution in [0.3, 0.4) is 0 Å². The second kappa shape index (κ2) is 13.1. The van der Waals surface area contributed by atoms with Crippen LogP contribution in [0.4, 0.5) is 5.69 Å².